The fourth-order valence-corrected chi connectivity index (χ4v) is 3.07. The molecule has 0 spiro atoms. The minimum absolute atomic E-state index is 0.0337. The third-order valence-corrected chi connectivity index (χ3v) is 4.28. The Hall–Kier alpha value is -2.87. The van der Waals surface area contributed by atoms with Gasteiger partial charge in [-0.1, -0.05) is 18.2 Å². The third-order valence-electron chi connectivity index (χ3n) is 4.04. The Balaban J connectivity index is 2.15. The smallest absolute Gasteiger partial charge is 0.268 e. The van der Waals surface area contributed by atoms with Gasteiger partial charge in [0.05, 0.1) is 28.0 Å². The largest absolute Gasteiger partial charge is 0.416 e. The fraction of sp³-hybridized carbons (Fsp3) is 0.118. The van der Waals surface area contributed by atoms with Crippen LogP contribution >= 0.6 is 11.6 Å². The van der Waals surface area contributed by atoms with E-state index < -0.39 is 17.3 Å². The van der Waals surface area contributed by atoms with Crippen LogP contribution in [0.5, 0.6) is 0 Å². The van der Waals surface area contributed by atoms with Crippen LogP contribution in [-0.2, 0) is 12.1 Å². The molecule has 4 aromatic rings. The molecule has 0 N–H and O–H groups in total. The topological polar surface area (TPSA) is 52.2 Å². The van der Waals surface area contributed by atoms with Crippen LogP contribution in [0.3, 0.4) is 0 Å². The van der Waals surface area contributed by atoms with Crippen molar-refractivity contribution < 1.29 is 13.2 Å². The normalized spacial score (nSPS) is 12.2. The highest BCUT2D eigenvalue weighted by molar-refractivity contribution is 6.16. The Kier molecular flexibility index (Phi) is 3.73. The highest BCUT2D eigenvalue weighted by atomic mass is 35.5. The second-order valence-electron chi connectivity index (χ2n) is 5.59. The van der Waals surface area contributed by atoms with Gasteiger partial charge in [0.15, 0.2) is 5.82 Å². The molecular formula is C17H10ClF3N4O. The molecule has 0 saturated carbocycles. The maximum Gasteiger partial charge on any atom is 0.416 e. The molecule has 2 aromatic heterocycles. The lowest BCUT2D eigenvalue weighted by Gasteiger charge is -2.13. The molecular weight excluding hydrogens is 369 g/mol. The van der Waals surface area contributed by atoms with Crippen LogP contribution in [0.1, 0.15) is 11.4 Å². The molecule has 0 fully saturated rings. The van der Waals surface area contributed by atoms with Crippen LogP contribution in [0, 0.1) is 0 Å². The SMILES string of the molecule is O=c1c2ccccc2n2c(CCl)nnc2n1-c1cccc(C(F)(F)F)c1. The highest BCUT2D eigenvalue weighted by Gasteiger charge is 2.31. The fourth-order valence-electron chi connectivity index (χ4n) is 2.90. The van der Waals surface area contributed by atoms with Crippen molar-refractivity contribution in [1.29, 1.82) is 0 Å². The molecule has 0 aliphatic heterocycles. The van der Waals surface area contributed by atoms with Crippen molar-refractivity contribution in [2.24, 2.45) is 0 Å². The molecule has 26 heavy (non-hydrogen) atoms. The number of halogens is 4. The van der Waals surface area contributed by atoms with Crippen molar-refractivity contribution >= 4 is 28.3 Å². The van der Waals surface area contributed by atoms with E-state index in [1.54, 1.807) is 28.7 Å². The number of alkyl halides is 4. The Morgan fingerprint density at radius 3 is 2.54 bits per heavy atom. The van der Waals surface area contributed by atoms with E-state index in [-0.39, 0.29) is 17.3 Å². The Labute approximate surface area is 149 Å². The molecule has 0 atom stereocenters. The standard InChI is InChI=1S/C17H10ClF3N4O/c18-9-14-22-23-16-24(11-5-3-4-10(8-11)17(19,20)21)15(26)12-6-1-2-7-13(12)25(14)16/h1-8H,9H2. The van der Waals surface area contributed by atoms with E-state index in [1.807, 2.05) is 0 Å². The van der Waals surface area contributed by atoms with E-state index in [9.17, 15) is 18.0 Å². The van der Waals surface area contributed by atoms with Gasteiger partial charge in [0.2, 0.25) is 5.78 Å². The molecule has 0 amide bonds. The first-order valence-corrected chi connectivity index (χ1v) is 8.06. The lowest BCUT2D eigenvalue weighted by Crippen LogP contribution is -2.22. The summed E-state index contributed by atoms with van der Waals surface area (Å²) in [6, 6.07) is 11.2. The van der Waals surface area contributed by atoms with Crippen LogP contribution in [0.15, 0.2) is 53.3 Å². The van der Waals surface area contributed by atoms with Gasteiger partial charge in [-0.15, -0.1) is 21.8 Å². The number of hydrogen-bond acceptors (Lipinski definition) is 3. The summed E-state index contributed by atoms with van der Waals surface area (Å²) < 4.78 is 41.9. The number of para-hydroxylation sites is 1. The van der Waals surface area contributed by atoms with E-state index in [0.29, 0.717) is 16.7 Å². The third kappa shape index (κ3) is 2.45. The predicted molar refractivity (Wildman–Crippen MR) is 90.6 cm³/mol. The van der Waals surface area contributed by atoms with Crippen molar-refractivity contribution in [3.05, 3.63) is 70.3 Å². The maximum absolute atomic E-state index is 13.1. The first kappa shape index (κ1) is 16.6. The summed E-state index contributed by atoms with van der Waals surface area (Å²) in [7, 11) is 0. The number of aromatic nitrogens is 4. The zero-order valence-corrected chi connectivity index (χ0v) is 13.8. The van der Waals surface area contributed by atoms with Crippen molar-refractivity contribution in [2.45, 2.75) is 12.1 Å². The molecule has 0 aliphatic rings. The predicted octanol–water partition coefficient (Wildman–Crippen LogP) is 3.79. The van der Waals surface area contributed by atoms with E-state index in [4.69, 9.17) is 11.6 Å². The van der Waals surface area contributed by atoms with Crippen LogP contribution in [0.2, 0.25) is 0 Å². The van der Waals surface area contributed by atoms with Gasteiger partial charge in [-0.25, -0.2) is 4.57 Å². The molecule has 132 valence electrons. The van der Waals surface area contributed by atoms with Gasteiger partial charge in [0.1, 0.15) is 0 Å². The number of fused-ring (bicyclic) bond motifs is 3. The van der Waals surface area contributed by atoms with Crippen molar-refractivity contribution in [2.75, 3.05) is 0 Å². The Morgan fingerprint density at radius 1 is 1.04 bits per heavy atom. The van der Waals surface area contributed by atoms with Crippen molar-refractivity contribution in [3.8, 4) is 5.69 Å². The van der Waals surface area contributed by atoms with E-state index >= 15 is 0 Å². The molecule has 0 saturated heterocycles. The first-order valence-electron chi connectivity index (χ1n) is 7.53. The summed E-state index contributed by atoms with van der Waals surface area (Å²) >= 11 is 5.91. The molecule has 2 heterocycles. The lowest BCUT2D eigenvalue weighted by atomic mass is 10.2. The second-order valence-corrected chi connectivity index (χ2v) is 5.86. The molecule has 0 radical (unpaired) electrons. The van der Waals surface area contributed by atoms with E-state index in [0.717, 1.165) is 16.7 Å². The van der Waals surface area contributed by atoms with Crippen molar-refractivity contribution in [3.63, 3.8) is 0 Å². The summed E-state index contributed by atoms with van der Waals surface area (Å²) in [5, 5.41) is 8.26. The van der Waals surface area contributed by atoms with Gasteiger partial charge in [0.25, 0.3) is 5.56 Å². The summed E-state index contributed by atoms with van der Waals surface area (Å²) in [6.07, 6.45) is -4.53. The van der Waals surface area contributed by atoms with Crippen LogP contribution in [0.25, 0.3) is 22.4 Å². The van der Waals surface area contributed by atoms with Crippen LogP contribution < -0.4 is 5.56 Å². The zero-order valence-electron chi connectivity index (χ0n) is 13.0. The van der Waals surface area contributed by atoms with E-state index in [2.05, 4.69) is 10.2 Å². The first-order chi connectivity index (χ1) is 12.4. The summed E-state index contributed by atoms with van der Waals surface area (Å²) in [6.45, 7) is 0. The van der Waals surface area contributed by atoms with Crippen LogP contribution in [-0.4, -0.2) is 19.2 Å². The molecule has 9 heteroatoms. The van der Waals surface area contributed by atoms with Gasteiger partial charge in [-0.05, 0) is 30.3 Å². The quantitative estimate of drug-likeness (QED) is 0.499. The maximum atomic E-state index is 13.1. The number of nitrogens with zero attached hydrogens (tertiary/aromatic N) is 4. The monoisotopic (exact) mass is 378 g/mol. The van der Waals surface area contributed by atoms with Crippen LogP contribution in [0.4, 0.5) is 13.2 Å². The molecule has 0 aliphatic carbocycles. The van der Waals surface area contributed by atoms with Gasteiger partial charge in [0, 0.05) is 0 Å². The summed E-state index contributed by atoms with van der Waals surface area (Å²) in [4.78, 5) is 13.0. The molecule has 5 nitrogen and oxygen atoms in total. The zero-order chi connectivity index (χ0) is 18.5. The number of rotatable bonds is 2. The summed E-state index contributed by atoms with van der Waals surface area (Å²) in [5.41, 5.74) is -0.753. The molecule has 4 rings (SSSR count). The minimum Gasteiger partial charge on any atom is -0.268 e. The average molecular weight is 379 g/mol. The number of benzene rings is 2. The van der Waals surface area contributed by atoms with Gasteiger partial charge < -0.3 is 0 Å². The Bertz CT molecular complexity index is 1200. The Morgan fingerprint density at radius 2 is 1.81 bits per heavy atom. The van der Waals surface area contributed by atoms with Gasteiger partial charge in [-0.2, -0.15) is 13.2 Å². The molecule has 2 aromatic carbocycles. The van der Waals surface area contributed by atoms with Gasteiger partial charge in [-0.3, -0.25) is 9.20 Å². The van der Waals surface area contributed by atoms with Gasteiger partial charge >= 0.3 is 6.18 Å². The summed E-state index contributed by atoms with van der Waals surface area (Å²) in [5.74, 6) is 0.522. The average Bonchev–Trinajstić information content (AvgIpc) is 3.05. The lowest BCUT2D eigenvalue weighted by molar-refractivity contribution is -0.137. The molecule has 0 unspecified atom stereocenters. The highest BCUT2D eigenvalue weighted by Crippen LogP contribution is 2.30. The minimum atomic E-state index is -4.53. The number of hydrogen-bond donors (Lipinski definition) is 0. The van der Waals surface area contributed by atoms with Crippen molar-refractivity contribution in [1.82, 2.24) is 19.2 Å². The second kappa shape index (κ2) is 5.84. The van der Waals surface area contributed by atoms with E-state index in [1.165, 1.54) is 12.1 Å². The molecule has 0 bridgehead atoms.